The molecule has 0 amide bonds. The SMILES string of the molecule is COc1ccc(O)c(-c2ccn(Cc3nccc(OC)c3OC)n2)c1. The molecule has 1 aromatic carbocycles. The van der Waals surface area contributed by atoms with Crippen molar-refractivity contribution in [2.24, 2.45) is 0 Å². The first-order chi connectivity index (χ1) is 12.2. The number of phenols is 1. The Bertz CT molecular complexity index is 877. The zero-order valence-corrected chi connectivity index (χ0v) is 14.3. The van der Waals surface area contributed by atoms with Crippen molar-refractivity contribution in [1.29, 1.82) is 0 Å². The van der Waals surface area contributed by atoms with Crippen LogP contribution in [0, 0.1) is 0 Å². The van der Waals surface area contributed by atoms with Crippen molar-refractivity contribution in [2.45, 2.75) is 6.54 Å². The quantitative estimate of drug-likeness (QED) is 0.743. The summed E-state index contributed by atoms with van der Waals surface area (Å²) < 4.78 is 17.6. The molecule has 3 aromatic rings. The summed E-state index contributed by atoms with van der Waals surface area (Å²) in [5.74, 6) is 1.98. The zero-order valence-electron chi connectivity index (χ0n) is 14.3. The molecule has 0 aliphatic rings. The molecular formula is C18H19N3O4. The minimum absolute atomic E-state index is 0.142. The molecule has 0 aliphatic carbocycles. The first-order valence-electron chi connectivity index (χ1n) is 7.63. The number of methoxy groups -OCH3 is 3. The highest BCUT2D eigenvalue weighted by Crippen LogP contribution is 2.32. The second-order valence-corrected chi connectivity index (χ2v) is 5.27. The number of rotatable bonds is 6. The largest absolute Gasteiger partial charge is 0.507 e. The van der Waals surface area contributed by atoms with Crippen molar-refractivity contribution in [1.82, 2.24) is 14.8 Å². The van der Waals surface area contributed by atoms with Gasteiger partial charge in [0, 0.05) is 24.0 Å². The van der Waals surface area contributed by atoms with Gasteiger partial charge >= 0.3 is 0 Å². The molecule has 0 bridgehead atoms. The van der Waals surface area contributed by atoms with Gasteiger partial charge in [-0.3, -0.25) is 9.67 Å². The van der Waals surface area contributed by atoms with Gasteiger partial charge in [0.05, 0.1) is 33.6 Å². The summed E-state index contributed by atoms with van der Waals surface area (Å²) in [6, 6.07) is 8.58. The van der Waals surface area contributed by atoms with Crippen molar-refractivity contribution >= 4 is 0 Å². The minimum Gasteiger partial charge on any atom is -0.507 e. The third-order valence-electron chi connectivity index (χ3n) is 3.80. The molecule has 0 saturated heterocycles. The summed E-state index contributed by atoms with van der Waals surface area (Å²) in [4.78, 5) is 4.35. The fraction of sp³-hybridized carbons (Fsp3) is 0.222. The van der Waals surface area contributed by atoms with E-state index in [1.54, 1.807) is 56.5 Å². The molecule has 1 N–H and O–H groups in total. The smallest absolute Gasteiger partial charge is 0.184 e. The van der Waals surface area contributed by atoms with Crippen molar-refractivity contribution in [3.63, 3.8) is 0 Å². The maximum atomic E-state index is 10.1. The summed E-state index contributed by atoms with van der Waals surface area (Å²) in [7, 11) is 4.74. The van der Waals surface area contributed by atoms with Crippen LogP contribution in [0.4, 0.5) is 0 Å². The third-order valence-corrected chi connectivity index (χ3v) is 3.80. The molecule has 0 aliphatic heterocycles. The lowest BCUT2D eigenvalue weighted by atomic mass is 10.1. The third kappa shape index (κ3) is 3.35. The molecule has 130 valence electrons. The highest BCUT2D eigenvalue weighted by molar-refractivity contribution is 5.68. The number of ether oxygens (including phenoxy) is 3. The second kappa shape index (κ2) is 7.12. The summed E-state index contributed by atoms with van der Waals surface area (Å²) in [6.45, 7) is 0.408. The molecule has 2 heterocycles. The fourth-order valence-corrected chi connectivity index (χ4v) is 2.56. The minimum atomic E-state index is 0.142. The Balaban J connectivity index is 1.91. The van der Waals surface area contributed by atoms with Gasteiger partial charge in [-0.05, 0) is 24.3 Å². The molecule has 0 atom stereocenters. The molecule has 0 spiro atoms. The lowest BCUT2D eigenvalue weighted by molar-refractivity contribution is 0.348. The summed E-state index contributed by atoms with van der Waals surface area (Å²) in [5.41, 5.74) is 1.94. The highest BCUT2D eigenvalue weighted by atomic mass is 16.5. The van der Waals surface area contributed by atoms with Gasteiger partial charge in [0.2, 0.25) is 0 Å². The Labute approximate surface area is 145 Å². The number of benzene rings is 1. The average molecular weight is 341 g/mol. The number of aromatic nitrogens is 3. The standard InChI is InChI=1S/C18H19N3O4/c1-23-12-4-5-16(22)13(10-12)14-7-9-21(20-14)11-15-18(25-3)17(24-2)6-8-19-15/h4-10,22H,11H2,1-3H3. The Morgan fingerprint density at radius 3 is 2.60 bits per heavy atom. The number of phenolic OH excluding ortho intramolecular Hbond substituents is 1. The Hall–Kier alpha value is -3.22. The van der Waals surface area contributed by atoms with E-state index in [-0.39, 0.29) is 5.75 Å². The van der Waals surface area contributed by atoms with E-state index < -0.39 is 0 Å². The topological polar surface area (TPSA) is 78.6 Å². The van der Waals surface area contributed by atoms with E-state index >= 15 is 0 Å². The molecule has 0 saturated carbocycles. The van der Waals surface area contributed by atoms with Crippen LogP contribution in [0.25, 0.3) is 11.3 Å². The van der Waals surface area contributed by atoms with Crippen molar-refractivity contribution in [3.05, 3.63) is 48.4 Å². The van der Waals surface area contributed by atoms with Crippen LogP contribution in [-0.4, -0.2) is 41.2 Å². The normalized spacial score (nSPS) is 10.5. The number of pyridine rings is 1. The first kappa shape index (κ1) is 16.6. The second-order valence-electron chi connectivity index (χ2n) is 5.27. The average Bonchev–Trinajstić information content (AvgIpc) is 3.10. The molecule has 3 rings (SSSR count). The van der Waals surface area contributed by atoms with Gasteiger partial charge in [0.15, 0.2) is 11.5 Å². The molecule has 7 heteroatoms. The van der Waals surface area contributed by atoms with Crippen LogP contribution in [0.3, 0.4) is 0 Å². The van der Waals surface area contributed by atoms with Gasteiger partial charge in [-0.2, -0.15) is 5.10 Å². The maximum Gasteiger partial charge on any atom is 0.184 e. The predicted octanol–water partition coefficient (Wildman–Crippen LogP) is 2.72. The van der Waals surface area contributed by atoms with Gasteiger partial charge in [-0.25, -0.2) is 0 Å². The monoisotopic (exact) mass is 341 g/mol. The van der Waals surface area contributed by atoms with E-state index in [9.17, 15) is 5.11 Å². The molecule has 2 aromatic heterocycles. The lowest BCUT2D eigenvalue weighted by Crippen LogP contribution is -2.05. The lowest BCUT2D eigenvalue weighted by Gasteiger charge is -2.11. The van der Waals surface area contributed by atoms with Crippen LogP contribution in [0.5, 0.6) is 23.0 Å². The first-order valence-corrected chi connectivity index (χ1v) is 7.63. The van der Waals surface area contributed by atoms with Crippen molar-refractivity contribution in [3.8, 4) is 34.3 Å². The van der Waals surface area contributed by atoms with Crippen LogP contribution >= 0.6 is 0 Å². The highest BCUT2D eigenvalue weighted by Gasteiger charge is 2.14. The predicted molar refractivity (Wildman–Crippen MR) is 92.3 cm³/mol. The molecule has 0 radical (unpaired) electrons. The molecule has 7 nitrogen and oxygen atoms in total. The van der Waals surface area contributed by atoms with Gasteiger partial charge in [-0.15, -0.1) is 0 Å². The molecular weight excluding hydrogens is 322 g/mol. The van der Waals surface area contributed by atoms with E-state index in [1.807, 2.05) is 12.3 Å². The van der Waals surface area contributed by atoms with Crippen LogP contribution in [0.1, 0.15) is 5.69 Å². The summed E-state index contributed by atoms with van der Waals surface area (Å²) >= 11 is 0. The zero-order chi connectivity index (χ0) is 17.8. The Morgan fingerprint density at radius 2 is 1.88 bits per heavy atom. The molecule has 0 unspecified atom stereocenters. The van der Waals surface area contributed by atoms with Crippen molar-refractivity contribution in [2.75, 3.05) is 21.3 Å². The number of aromatic hydroxyl groups is 1. The van der Waals surface area contributed by atoms with Gasteiger partial charge in [0.25, 0.3) is 0 Å². The van der Waals surface area contributed by atoms with E-state index in [0.29, 0.717) is 40.7 Å². The van der Waals surface area contributed by atoms with E-state index in [4.69, 9.17) is 14.2 Å². The Morgan fingerprint density at radius 1 is 1.04 bits per heavy atom. The Kier molecular flexibility index (Phi) is 4.74. The van der Waals surface area contributed by atoms with Crippen LogP contribution in [0.15, 0.2) is 42.7 Å². The van der Waals surface area contributed by atoms with E-state index in [1.165, 1.54) is 0 Å². The van der Waals surface area contributed by atoms with Crippen LogP contribution in [0.2, 0.25) is 0 Å². The van der Waals surface area contributed by atoms with Crippen molar-refractivity contribution < 1.29 is 19.3 Å². The molecule has 25 heavy (non-hydrogen) atoms. The number of hydrogen-bond acceptors (Lipinski definition) is 6. The molecule has 0 fully saturated rings. The summed E-state index contributed by atoms with van der Waals surface area (Å²) in [5, 5.41) is 14.6. The van der Waals surface area contributed by atoms with Gasteiger partial charge < -0.3 is 19.3 Å². The van der Waals surface area contributed by atoms with Gasteiger partial charge in [-0.1, -0.05) is 0 Å². The van der Waals surface area contributed by atoms with Crippen LogP contribution in [-0.2, 0) is 6.54 Å². The summed E-state index contributed by atoms with van der Waals surface area (Å²) in [6.07, 6.45) is 3.48. The van der Waals surface area contributed by atoms with Crippen LogP contribution < -0.4 is 14.2 Å². The number of nitrogens with zero attached hydrogens (tertiary/aromatic N) is 3. The maximum absolute atomic E-state index is 10.1. The number of hydrogen-bond donors (Lipinski definition) is 1. The van der Waals surface area contributed by atoms with E-state index in [0.717, 1.165) is 0 Å². The van der Waals surface area contributed by atoms with Gasteiger partial charge in [0.1, 0.15) is 17.2 Å². The van der Waals surface area contributed by atoms with E-state index in [2.05, 4.69) is 10.1 Å². The fourth-order valence-electron chi connectivity index (χ4n) is 2.56.